The van der Waals surface area contributed by atoms with E-state index in [1.54, 1.807) is 6.07 Å². The fourth-order valence-corrected chi connectivity index (χ4v) is 1.83. The Morgan fingerprint density at radius 1 is 1.31 bits per heavy atom. The number of benzene rings is 1. The Morgan fingerprint density at radius 2 is 1.88 bits per heavy atom. The Bertz CT molecular complexity index is 458. The molecule has 0 heterocycles. The van der Waals surface area contributed by atoms with Crippen LogP contribution in [-0.4, -0.2) is 27.0 Å². The van der Waals surface area contributed by atoms with Gasteiger partial charge in [0.25, 0.3) is 0 Å². The standard InChI is InChI=1S/C9H12N2O4S/c10-6-8(11)9(12)15-16(13,14)7-4-2-1-3-5-7/h1-5,8H,6,10-11H2/t8-/m0/s1. The van der Waals surface area contributed by atoms with E-state index >= 15 is 0 Å². The second kappa shape index (κ2) is 5.06. The minimum absolute atomic E-state index is 0.104. The molecule has 16 heavy (non-hydrogen) atoms. The molecule has 1 aromatic rings. The van der Waals surface area contributed by atoms with Crippen molar-refractivity contribution in [3.05, 3.63) is 30.3 Å². The number of hydrogen-bond acceptors (Lipinski definition) is 6. The van der Waals surface area contributed by atoms with Gasteiger partial charge in [-0.2, -0.15) is 8.42 Å². The average molecular weight is 244 g/mol. The molecular weight excluding hydrogens is 232 g/mol. The largest absolute Gasteiger partial charge is 0.341 e. The maximum Gasteiger partial charge on any atom is 0.341 e. The van der Waals surface area contributed by atoms with Crippen LogP contribution in [0.1, 0.15) is 0 Å². The summed E-state index contributed by atoms with van der Waals surface area (Å²) in [4.78, 5) is 11.1. The highest BCUT2D eigenvalue weighted by Crippen LogP contribution is 2.11. The lowest BCUT2D eigenvalue weighted by Crippen LogP contribution is -2.40. The summed E-state index contributed by atoms with van der Waals surface area (Å²) in [6, 6.07) is 6.17. The van der Waals surface area contributed by atoms with Crippen molar-refractivity contribution < 1.29 is 17.4 Å². The highest BCUT2D eigenvalue weighted by atomic mass is 32.2. The van der Waals surface area contributed by atoms with Crippen molar-refractivity contribution >= 4 is 16.1 Å². The molecule has 0 amide bonds. The van der Waals surface area contributed by atoms with Gasteiger partial charge in [0, 0.05) is 6.54 Å². The Morgan fingerprint density at radius 3 is 2.38 bits per heavy atom. The zero-order chi connectivity index (χ0) is 12.2. The van der Waals surface area contributed by atoms with Crippen molar-refractivity contribution in [2.75, 3.05) is 6.54 Å². The Kier molecular flexibility index (Phi) is 3.99. The van der Waals surface area contributed by atoms with Crippen LogP contribution in [-0.2, 0) is 19.1 Å². The molecule has 88 valence electrons. The number of hydrogen-bond donors (Lipinski definition) is 2. The van der Waals surface area contributed by atoms with Gasteiger partial charge in [0.15, 0.2) is 0 Å². The van der Waals surface area contributed by atoms with Gasteiger partial charge in [-0.05, 0) is 12.1 Å². The first kappa shape index (κ1) is 12.6. The summed E-state index contributed by atoms with van der Waals surface area (Å²) in [6.45, 7) is -0.177. The SMILES string of the molecule is NC[C@H](N)C(=O)OS(=O)(=O)c1ccccc1. The molecule has 6 nitrogen and oxygen atoms in total. The molecule has 0 aliphatic heterocycles. The summed E-state index contributed by atoms with van der Waals surface area (Å²) >= 11 is 0. The van der Waals surface area contributed by atoms with E-state index in [9.17, 15) is 13.2 Å². The monoisotopic (exact) mass is 244 g/mol. The molecule has 1 aromatic carbocycles. The molecule has 0 spiro atoms. The van der Waals surface area contributed by atoms with Crippen LogP contribution in [0.2, 0.25) is 0 Å². The number of carbonyl (C=O) groups excluding carboxylic acids is 1. The Labute approximate surface area is 93.3 Å². The van der Waals surface area contributed by atoms with Gasteiger partial charge in [0.05, 0.1) is 0 Å². The van der Waals surface area contributed by atoms with Crippen LogP contribution >= 0.6 is 0 Å². The molecule has 0 radical (unpaired) electrons. The summed E-state index contributed by atoms with van der Waals surface area (Å²) in [7, 11) is -4.10. The predicted octanol–water partition coefficient (Wildman–Crippen LogP) is -0.795. The van der Waals surface area contributed by atoms with E-state index in [-0.39, 0.29) is 11.4 Å². The lowest BCUT2D eigenvalue weighted by atomic mass is 10.3. The molecule has 1 atom stereocenters. The van der Waals surface area contributed by atoms with Gasteiger partial charge >= 0.3 is 16.1 Å². The van der Waals surface area contributed by atoms with Crippen LogP contribution in [0.5, 0.6) is 0 Å². The van der Waals surface area contributed by atoms with Gasteiger partial charge in [0.2, 0.25) is 0 Å². The van der Waals surface area contributed by atoms with E-state index in [1.165, 1.54) is 24.3 Å². The third-order valence-electron chi connectivity index (χ3n) is 1.78. The molecule has 0 fully saturated rings. The van der Waals surface area contributed by atoms with E-state index in [4.69, 9.17) is 11.5 Å². The second-order valence-corrected chi connectivity index (χ2v) is 4.56. The average Bonchev–Trinajstić information content (AvgIpc) is 2.28. The molecule has 0 bridgehead atoms. The molecule has 0 unspecified atom stereocenters. The molecule has 0 aromatic heterocycles. The van der Waals surface area contributed by atoms with Gasteiger partial charge in [-0.25, -0.2) is 4.79 Å². The van der Waals surface area contributed by atoms with Gasteiger partial charge in [-0.3, -0.25) is 0 Å². The third kappa shape index (κ3) is 3.02. The molecule has 0 saturated heterocycles. The first-order chi connectivity index (χ1) is 7.47. The van der Waals surface area contributed by atoms with E-state index < -0.39 is 22.1 Å². The van der Waals surface area contributed by atoms with Crippen LogP contribution in [0.3, 0.4) is 0 Å². The minimum atomic E-state index is -4.10. The summed E-state index contributed by atoms with van der Waals surface area (Å²) in [5, 5.41) is 0. The lowest BCUT2D eigenvalue weighted by molar-refractivity contribution is -0.135. The molecular formula is C9H12N2O4S. The summed E-state index contributed by atoms with van der Waals surface area (Å²) in [5.74, 6) is -1.06. The zero-order valence-electron chi connectivity index (χ0n) is 8.37. The molecule has 7 heteroatoms. The number of nitrogens with two attached hydrogens (primary N) is 2. The van der Waals surface area contributed by atoms with Gasteiger partial charge in [-0.1, -0.05) is 18.2 Å². The molecule has 4 N–H and O–H groups in total. The number of rotatable bonds is 4. The van der Waals surface area contributed by atoms with E-state index in [2.05, 4.69) is 4.18 Å². The minimum Gasteiger partial charge on any atom is -0.340 e. The van der Waals surface area contributed by atoms with Crippen molar-refractivity contribution in [2.24, 2.45) is 11.5 Å². The Balaban J connectivity index is 2.86. The maximum absolute atomic E-state index is 11.5. The molecule has 1 rings (SSSR count). The van der Waals surface area contributed by atoms with Crippen molar-refractivity contribution in [1.82, 2.24) is 0 Å². The van der Waals surface area contributed by atoms with Gasteiger partial charge < -0.3 is 15.7 Å². The van der Waals surface area contributed by atoms with Crippen molar-refractivity contribution in [1.29, 1.82) is 0 Å². The van der Waals surface area contributed by atoms with Crippen molar-refractivity contribution in [2.45, 2.75) is 10.9 Å². The molecule has 0 aliphatic rings. The summed E-state index contributed by atoms with van der Waals surface area (Å²) < 4.78 is 27.4. The fraction of sp³-hybridized carbons (Fsp3) is 0.222. The molecule has 0 saturated carbocycles. The third-order valence-corrected chi connectivity index (χ3v) is 3.01. The number of carbonyl (C=O) groups is 1. The topological polar surface area (TPSA) is 112 Å². The predicted molar refractivity (Wildman–Crippen MR) is 56.7 cm³/mol. The quantitative estimate of drug-likeness (QED) is 0.671. The van der Waals surface area contributed by atoms with E-state index in [0.29, 0.717) is 0 Å². The van der Waals surface area contributed by atoms with Crippen LogP contribution in [0.25, 0.3) is 0 Å². The molecule has 0 aliphatic carbocycles. The highest BCUT2D eigenvalue weighted by Gasteiger charge is 2.23. The Hall–Kier alpha value is -1.44. The van der Waals surface area contributed by atoms with Crippen LogP contribution in [0, 0.1) is 0 Å². The first-order valence-electron chi connectivity index (χ1n) is 4.46. The first-order valence-corrected chi connectivity index (χ1v) is 5.87. The zero-order valence-corrected chi connectivity index (χ0v) is 9.18. The highest BCUT2D eigenvalue weighted by molar-refractivity contribution is 7.87. The normalized spacial score (nSPS) is 13.1. The van der Waals surface area contributed by atoms with Crippen LogP contribution in [0.4, 0.5) is 0 Å². The van der Waals surface area contributed by atoms with Crippen molar-refractivity contribution in [3.8, 4) is 0 Å². The van der Waals surface area contributed by atoms with E-state index in [1.807, 2.05) is 0 Å². The smallest absolute Gasteiger partial charge is 0.340 e. The summed E-state index contributed by atoms with van der Waals surface area (Å²) in [6.07, 6.45) is 0. The summed E-state index contributed by atoms with van der Waals surface area (Å²) in [5.41, 5.74) is 10.3. The second-order valence-electron chi connectivity index (χ2n) is 3.01. The van der Waals surface area contributed by atoms with Crippen molar-refractivity contribution in [3.63, 3.8) is 0 Å². The van der Waals surface area contributed by atoms with Crippen LogP contribution in [0.15, 0.2) is 35.2 Å². The van der Waals surface area contributed by atoms with Gasteiger partial charge in [-0.15, -0.1) is 0 Å². The maximum atomic E-state index is 11.5. The van der Waals surface area contributed by atoms with Gasteiger partial charge in [0.1, 0.15) is 10.9 Å². The van der Waals surface area contributed by atoms with Crippen LogP contribution < -0.4 is 11.5 Å². The fourth-order valence-electron chi connectivity index (χ4n) is 0.901. The lowest BCUT2D eigenvalue weighted by Gasteiger charge is -2.08. The van der Waals surface area contributed by atoms with E-state index in [0.717, 1.165) is 0 Å².